The molecule has 6 nitrogen and oxygen atoms in total. The quantitative estimate of drug-likeness (QED) is 0.741. The molecule has 0 unspecified atom stereocenters. The summed E-state index contributed by atoms with van der Waals surface area (Å²) in [6, 6.07) is 11.4. The molecule has 0 spiro atoms. The van der Waals surface area contributed by atoms with Crippen molar-refractivity contribution in [1.82, 2.24) is 4.98 Å². The highest BCUT2D eigenvalue weighted by atomic mass is 16.5. The van der Waals surface area contributed by atoms with E-state index >= 15 is 0 Å². The van der Waals surface area contributed by atoms with E-state index < -0.39 is 0 Å². The number of methoxy groups -OCH3 is 2. The van der Waals surface area contributed by atoms with Gasteiger partial charge >= 0.3 is 0 Å². The summed E-state index contributed by atoms with van der Waals surface area (Å²) in [5.74, 6) is 1.08. The third-order valence-electron chi connectivity index (χ3n) is 4.70. The molecule has 0 aliphatic carbocycles. The number of carbonyl (C=O) groups excluding carboxylic acids is 1. The predicted octanol–water partition coefficient (Wildman–Crippen LogP) is 3.61. The van der Waals surface area contributed by atoms with E-state index in [2.05, 4.69) is 16.4 Å². The van der Waals surface area contributed by atoms with Crippen LogP contribution in [0.3, 0.4) is 0 Å². The first-order valence-electron chi connectivity index (χ1n) is 8.25. The molecule has 130 valence electrons. The predicted molar refractivity (Wildman–Crippen MR) is 98.5 cm³/mol. The van der Waals surface area contributed by atoms with Crippen LogP contribution >= 0.6 is 0 Å². The second-order valence-corrected chi connectivity index (χ2v) is 6.15. The molecule has 1 aromatic heterocycles. The van der Waals surface area contributed by atoms with Crippen molar-refractivity contribution in [2.75, 3.05) is 19.5 Å². The fourth-order valence-electron chi connectivity index (χ4n) is 3.45. The molecule has 0 radical (unpaired) electrons. The van der Waals surface area contributed by atoms with Gasteiger partial charge in [0.1, 0.15) is 0 Å². The first-order chi connectivity index (χ1) is 12.6. The Bertz CT molecular complexity index is 1080. The van der Waals surface area contributed by atoms with E-state index in [9.17, 15) is 10.1 Å². The first-order valence-corrected chi connectivity index (χ1v) is 8.25. The van der Waals surface area contributed by atoms with Gasteiger partial charge in [-0.1, -0.05) is 0 Å². The van der Waals surface area contributed by atoms with Gasteiger partial charge in [0.15, 0.2) is 11.5 Å². The van der Waals surface area contributed by atoms with Gasteiger partial charge in [-0.15, -0.1) is 0 Å². The molecule has 0 atom stereocenters. The van der Waals surface area contributed by atoms with Crippen LogP contribution in [0.2, 0.25) is 0 Å². The first kappa shape index (κ1) is 16.0. The fourth-order valence-corrected chi connectivity index (χ4v) is 3.45. The number of nitrogens with one attached hydrogen (secondary N) is 2. The van der Waals surface area contributed by atoms with Crippen LogP contribution in [0.15, 0.2) is 30.3 Å². The van der Waals surface area contributed by atoms with Crippen molar-refractivity contribution in [3.05, 3.63) is 41.5 Å². The van der Waals surface area contributed by atoms with Crippen molar-refractivity contribution in [2.45, 2.75) is 12.8 Å². The highest BCUT2D eigenvalue weighted by molar-refractivity contribution is 6.01. The maximum absolute atomic E-state index is 12.3. The fraction of sp³-hybridized carbons (Fsp3) is 0.200. The smallest absolute Gasteiger partial charge is 0.224 e. The van der Waals surface area contributed by atoms with Crippen LogP contribution in [-0.2, 0) is 11.2 Å². The Morgan fingerprint density at radius 2 is 1.85 bits per heavy atom. The van der Waals surface area contributed by atoms with Crippen LogP contribution in [0.25, 0.3) is 22.2 Å². The van der Waals surface area contributed by atoms with Crippen molar-refractivity contribution in [1.29, 1.82) is 5.26 Å². The summed E-state index contributed by atoms with van der Waals surface area (Å²) < 4.78 is 10.8. The van der Waals surface area contributed by atoms with E-state index in [1.807, 2.05) is 18.2 Å². The monoisotopic (exact) mass is 347 g/mol. The SMILES string of the molecule is COc1cc2c(cc1OC)-c1[nH]c3ccc(C#N)cc3c1CCC(=O)N2. The van der Waals surface area contributed by atoms with Crippen LogP contribution in [0.1, 0.15) is 17.5 Å². The maximum Gasteiger partial charge on any atom is 0.224 e. The van der Waals surface area contributed by atoms with Gasteiger partial charge in [-0.25, -0.2) is 0 Å². The number of rotatable bonds is 2. The van der Waals surface area contributed by atoms with E-state index in [1.54, 1.807) is 26.4 Å². The zero-order valence-corrected chi connectivity index (χ0v) is 14.5. The number of ether oxygens (including phenoxy) is 2. The van der Waals surface area contributed by atoms with E-state index in [0.717, 1.165) is 27.7 Å². The highest BCUT2D eigenvalue weighted by Gasteiger charge is 2.23. The van der Waals surface area contributed by atoms with Crippen LogP contribution in [0, 0.1) is 11.3 Å². The molecule has 4 rings (SSSR count). The third kappa shape index (κ3) is 2.45. The lowest BCUT2D eigenvalue weighted by atomic mass is 9.97. The summed E-state index contributed by atoms with van der Waals surface area (Å²) in [4.78, 5) is 15.7. The molecule has 2 N–H and O–H groups in total. The summed E-state index contributed by atoms with van der Waals surface area (Å²) >= 11 is 0. The van der Waals surface area contributed by atoms with E-state index in [0.29, 0.717) is 35.6 Å². The normalized spacial score (nSPS) is 13.0. The Hall–Kier alpha value is -3.46. The van der Waals surface area contributed by atoms with Gasteiger partial charge in [-0.05, 0) is 36.2 Å². The molecule has 3 aromatic rings. The number of nitrogens with zero attached hydrogens (tertiary/aromatic N) is 1. The van der Waals surface area contributed by atoms with Gasteiger partial charge in [0, 0.05) is 29.0 Å². The van der Waals surface area contributed by atoms with E-state index in [1.165, 1.54) is 0 Å². The van der Waals surface area contributed by atoms with Crippen molar-refractivity contribution >= 4 is 22.5 Å². The molecule has 6 heteroatoms. The zero-order chi connectivity index (χ0) is 18.3. The molecule has 1 aliphatic heterocycles. The number of fused-ring (bicyclic) bond motifs is 5. The molecule has 0 saturated heterocycles. The summed E-state index contributed by atoms with van der Waals surface area (Å²) in [7, 11) is 3.14. The summed E-state index contributed by atoms with van der Waals surface area (Å²) in [5, 5.41) is 13.1. The molecule has 0 bridgehead atoms. The minimum Gasteiger partial charge on any atom is -0.493 e. The number of hydrogen-bond acceptors (Lipinski definition) is 4. The number of nitriles is 1. The average Bonchev–Trinajstić information content (AvgIpc) is 3.01. The molecule has 0 saturated carbocycles. The number of aromatic nitrogens is 1. The summed E-state index contributed by atoms with van der Waals surface area (Å²) in [5.41, 5.74) is 4.98. The second kappa shape index (κ2) is 6.12. The number of hydrogen-bond donors (Lipinski definition) is 2. The van der Waals surface area contributed by atoms with Gasteiger partial charge in [-0.2, -0.15) is 5.26 Å². The number of benzene rings is 2. The average molecular weight is 347 g/mol. The zero-order valence-electron chi connectivity index (χ0n) is 14.5. The van der Waals surface area contributed by atoms with Crippen molar-refractivity contribution in [3.63, 3.8) is 0 Å². The van der Waals surface area contributed by atoms with Crippen LogP contribution in [0.4, 0.5) is 5.69 Å². The molecule has 2 heterocycles. The van der Waals surface area contributed by atoms with E-state index in [-0.39, 0.29) is 5.91 Å². The van der Waals surface area contributed by atoms with Gasteiger partial charge < -0.3 is 19.8 Å². The number of anilines is 1. The summed E-state index contributed by atoms with van der Waals surface area (Å²) in [6.07, 6.45) is 0.953. The molecule has 1 aliphatic rings. The lowest BCUT2D eigenvalue weighted by Gasteiger charge is -2.18. The van der Waals surface area contributed by atoms with Gasteiger partial charge in [0.25, 0.3) is 0 Å². The Kier molecular flexibility index (Phi) is 3.77. The highest BCUT2D eigenvalue weighted by Crippen LogP contribution is 2.42. The minimum atomic E-state index is -0.0603. The number of aryl methyl sites for hydroxylation is 1. The standard InChI is InChI=1S/C20H17N3O3/c1-25-17-8-14-16(9-18(17)26-2)22-19(24)6-4-12-13-7-11(10-21)3-5-15(13)23-20(12)14/h3,5,7-9,23H,4,6H2,1-2H3,(H,22,24). The largest absolute Gasteiger partial charge is 0.493 e. The van der Waals surface area contributed by atoms with Crippen molar-refractivity contribution < 1.29 is 14.3 Å². The van der Waals surface area contributed by atoms with Crippen molar-refractivity contribution in [2.24, 2.45) is 0 Å². The number of carbonyl (C=O) groups is 1. The van der Waals surface area contributed by atoms with Crippen LogP contribution < -0.4 is 14.8 Å². The van der Waals surface area contributed by atoms with Gasteiger partial charge in [0.2, 0.25) is 5.91 Å². The Morgan fingerprint density at radius 1 is 1.08 bits per heavy atom. The van der Waals surface area contributed by atoms with E-state index in [4.69, 9.17) is 9.47 Å². The maximum atomic E-state index is 12.3. The number of aromatic amines is 1. The second-order valence-electron chi connectivity index (χ2n) is 6.15. The lowest BCUT2D eigenvalue weighted by molar-refractivity contribution is -0.116. The molecular weight excluding hydrogens is 330 g/mol. The van der Waals surface area contributed by atoms with Crippen LogP contribution in [-0.4, -0.2) is 25.1 Å². The van der Waals surface area contributed by atoms with Gasteiger partial charge in [0.05, 0.1) is 37.2 Å². The van der Waals surface area contributed by atoms with Crippen molar-refractivity contribution in [3.8, 4) is 28.8 Å². The molecule has 2 aromatic carbocycles. The molecule has 1 amide bonds. The summed E-state index contributed by atoms with van der Waals surface area (Å²) in [6.45, 7) is 0. The number of H-pyrrole nitrogens is 1. The third-order valence-corrected chi connectivity index (χ3v) is 4.70. The Labute approximate surface area is 150 Å². The number of amides is 1. The Balaban J connectivity index is 2.03. The Morgan fingerprint density at radius 3 is 2.58 bits per heavy atom. The lowest BCUT2D eigenvalue weighted by Crippen LogP contribution is -2.15. The molecule has 26 heavy (non-hydrogen) atoms. The topological polar surface area (TPSA) is 87.1 Å². The molecule has 0 fully saturated rings. The minimum absolute atomic E-state index is 0.0603. The van der Waals surface area contributed by atoms with Gasteiger partial charge in [-0.3, -0.25) is 4.79 Å². The van der Waals surface area contributed by atoms with Crippen LogP contribution in [0.5, 0.6) is 11.5 Å². The molecular formula is C20H17N3O3.